The molecule has 2 unspecified atom stereocenters. The van der Waals surface area contributed by atoms with Crippen molar-refractivity contribution in [3.63, 3.8) is 0 Å². The van der Waals surface area contributed by atoms with Gasteiger partial charge in [0.25, 0.3) is 0 Å². The van der Waals surface area contributed by atoms with Gasteiger partial charge in [-0.1, -0.05) is 24.3 Å². The van der Waals surface area contributed by atoms with Crippen LogP contribution in [0.5, 0.6) is 0 Å². The molecule has 0 bridgehead atoms. The molecule has 1 aromatic heterocycles. The summed E-state index contributed by atoms with van der Waals surface area (Å²) in [5.74, 6) is 0.417. The second kappa shape index (κ2) is 9.58. The van der Waals surface area contributed by atoms with E-state index >= 15 is 0 Å². The lowest BCUT2D eigenvalue weighted by Crippen LogP contribution is -2.35. The van der Waals surface area contributed by atoms with Gasteiger partial charge in [-0.3, -0.25) is 9.59 Å². The van der Waals surface area contributed by atoms with E-state index < -0.39 is 11.9 Å². The maximum atomic E-state index is 13.1. The SMILES string of the molecule is CCOC(=O)C(Cc1ncccn1)C(=O)[C@H]1CC[C@H](C2C=CC=CC2)CC1. The van der Waals surface area contributed by atoms with Gasteiger partial charge < -0.3 is 4.74 Å². The third-order valence-electron chi connectivity index (χ3n) is 5.71. The number of carbonyl (C=O) groups is 2. The molecule has 144 valence electrons. The molecule has 5 heteroatoms. The Hall–Kier alpha value is -2.30. The molecule has 0 aromatic carbocycles. The molecule has 2 aliphatic carbocycles. The first-order valence-corrected chi connectivity index (χ1v) is 9.98. The summed E-state index contributed by atoms with van der Waals surface area (Å²) >= 11 is 0. The summed E-state index contributed by atoms with van der Waals surface area (Å²) in [7, 11) is 0. The average Bonchev–Trinajstić information content (AvgIpc) is 2.73. The van der Waals surface area contributed by atoms with Crippen LogP contribution in [-0.4, -0.2) is 28.3 Å². The number of nitrogens with zero attached hydrogens (tertiary/aromatic N) is 2. The molecule has 1 aromatic rings. The van der Waals surface area contributed by atoms with Gasteiger partial charge in [-0.25, -0.2) is 9.97 Å². The largest absolute Gasteiger partial charge is 0.465 e. The van der Waals surface area contributed by atoms with E-state index in [0.717, 1.165) is 32.1 Å². The maximum Gasteiger partial charge on any atom is 0.316 e. The molecular formula is C22H28N2O3. The fourth-order valence-corrected chi connectivity index (χ4v) is 4.23. The van der Waals surface area contributed by atoms with Gasteiger partial charge in [0.15, 0.2) is 5.78 Å². The van der Waals surface area contributed by atoms with Crippen molar-refractivity contribution in [3.8, 4) is 0 Å². The molecule has 2 atom stereocenters. The van der Waals surface area contributed by atoms with Gasteiger partial charge in [0, 0.05) is 24.7 Å². The van der Waals surface area contributed by atoms with E-state index in [1.54, 1.807) is 25.4 Å². The lowest BCUT2D eigenvalue weighted by Gasteiger charge is -2.33. The van der Waals surface area contributed by atoms with Crippen LogP contribution in [-0.2, 0) is 20.7 Å². The van der Waals surface area contributed by atoms with E-state index in [2.05, 4.69) is 34.3 Å². The maximum absolute atomic E-state index is 13.1. The Morgan fingerprint density at radius 3 is 2.52 bits per heavy atom. The van der Waals surface area contributed by atoms with Crippen LogP contribution in [0, 0.1) is 23.7 Å². The van der Waals surface area contributed by atoms with Gasteiger partial charge in [0.05, 0.1) is 6.61 Å². The highest BCUT2D eigenvalue weighted by Gasteiger charge is 2.37. The van der Waals surface area contributed by atoms with Gasteiger partial charge in [0.1, 0.15) is 11.7 Å². The normalized spacial score (nSPS) is 25.7. The van der Waals surface area contributed by atoms with Crippen molar-refractivity contribution >= 4 is 11.8 Å². The van der Waals surface area contributed by atoms with E-state index in [0.29, 0.717) is 17.7 Å². The van der Waals surface area contributed by atoms with E-state index in [1.165, 1.54) is 0 Å². The Kier molecular flexibility index (Phi) is 6.91. The van der Waals surface area contributed by atoms with Crippen molar-refractivity contribution in [2.45, 2.75) is 45.4 Å². The Labute approximate surface area is 160 Å². The number of hydrogen-bond acceptors (Lipinski definition) is 5. The van der Waals surface area contributed by atoms with Crippen molar-refractivity contribution in [1.82, 2.24) is 9.97 Å². The van der Waals surface area contributed by atoms with Crippen LogP contribution >= 0.6 is 0 Å². The average molecular weight is 368 g/mol. The second-order valence-electron chi connectivity index (χ2n) is 7.40. The summed E-state index contributed by atoms with van der Waals surface area (Å²) in [6, 6.07) is 1.72. The third-order valence-corrected chi connectivity index (χ3v) is 5.71. The van der Waals surface area contributed by atoms with Crippen LogP contribution in [0.4, 0.5) is 0 Å². The third kappa shape index (κ3) is 5.12. The summed E-state index contributed by atoms with van der Waals surface area (Å²) in [5, 5.41) is 0. The highest BCUT2D eigenvalue weighted by Crippen LogP contribution is 2.38. The Bertz CT molecular complexity index is 691. The molecule has 5 nitrogen and oxygen atoms in total. The van der Waals surface area contributed by atoms with Gasteiger partial charge in [-0.15, -0.1) is 0 Å². The summed E-state index contributed by atoms with van der Waals surface area (Å²) in [6.07, 6.45) is 17.1. The standard InChI is InChI=1S/C22H28N2O3/c1-2-27-22(26)19(15-20-23-13-6-14-24-20)21(25)18-11-9-17(10-12-18)16-7-4-3-5-8-16/h3-7,13-14,16-19H,2,8-12,15H2,1H3/t16?,17-,18-,19?. The first-order chi connectivity index (χ1) is 13.2. The van der Waals surface area contributed by atoms with E-state index in [-0.39, 0.29) is 24.7 Å². The number of allylic oxidation sites excluding steroid dienone is 4. The van der Waals surface area contributed by atoms with Crippen LogP contribution < -0.4 is 0 Å². The first kappa shape index (κ1) is 19.5. The minimum atomic E-state index is -0.800. The predicted octanol–water partition coefficient (Wildman–Crippen LogP) is 3.71. The van der Waals surface area contributed by atoms with Crippen LogP contribution in [0.15, 0.2) is 42.8 Å². The van der Waals surface area contributed by atoms with Gasteiger partial charge in [-0.2, -0.15) is 0 Å². The van der Waals surface area contributed by atoms with E-state index in [4.69, 9.17) is 4.74 Å². The fourth-order valence-electron chi connectivity index (χ4n) is 4.23. The Morgan fingerprint density at radius 1 is 1.15 bits per heavy atom. The number of Topliss-reactive ketones (excluding diaryl/α,β-unsaturated/α-hetero) is 1. The zero-order valence-corrected chi connectivity index (χ0v) is 15.9. The number of hydrogen-bond donors (Lipinski definition) is 0. The molecule has 0 spiro atoms. The minimum absolute atomic E-state index is 0.00145. The molecule has 0 aliphatic heterocycles. The fraction of sp³-hybridized carbons (Fsp3) is 0.545. The second-order valence-corrected chi connectivity index (χ2v) is 7.40. The highest BCUT2D eigenvalue weighted by atomic mass is 16.5. The molecule has 2 aliphatic rings. The number of ketones is 1. The van der Waals surface area contributed by atoms with Crippen LogP contribution in [0.25, 0.3) is 0 Å². The molecule has 1 fully saturated rings. The molecule has 3 rings (SSSR count). The number of ether oxygens (including phenoxy) is 1. The highest BCUT2D eigenvalue weighted by molar-refractivity contribution is 6.00. The molecular weight excluding hydrogens is 340 g/mol. The first-order valence-electron chi connectivity index (χ1n) is 9.98. The van der Waals surface area contributed by atoms with E-state index in [1.807, 2.05) is 0 Å². The molecule has 0 N–H and O–H groups in total. The van der Waals surface area contributed by atoms with Crippen molar-refractivity contribution < 1.29 is 14.3 Å². The van der Waals surface area contributed by atoms with Crippen molar-refractivity contribution in [1.29, 1.82) is 0 Å². The number of aromatic nitrogens is 2. The lowest BCUT2D eigenvalue weighted by molar-refractivity contribution is -0.153. The molecule has 0 saturated heterocycles. The molecule has 0 radical (unpaired) electrons. The topological polar surface area (TPSA) is 69.2 Å². The Balaban J connectivity index is 1.62. The summed E-state index contributed by atoms with van der Waals surface area (Å²) in [5.41, 5.74) is 0. The van der Waals surface area contributed by atoms with Crippen molar-refractivity contribution in [2.75, 3.05) is 6.61 Å². The van der Waals surface area contributed by atoms with Crippen LogP contribution in [0.3, 0.4) is 0 Å². The smallest absolute Gasteiger partial charge is 0.316 e. The Morgan fingerprint density at radius 2 is 1.89 bits per heavy atom. The van der Waals surface area contributed by atoms with Gasteiger partial charge in [-0.05, 0) is 56.9 Å². The monoisotopic (exact) mass is 368 g/mol. The summed E-state index contributed by atoms with van der Waals surface area (Å²) < 4.78 is 5.17. The zero-order chi connectivity index (χ0) is 19.1. The number of esters is 1. The van der Waals surface area contributed by atoms with Crippen molar-refractivity contribution in [2.24, 2.45) is 23.7 Å². The van der Waals surface area contributed by atoms with Crippen LogP contribution in [0.2, 0.25) is 0 Å². The summed E-state index contributed by atoms with van der Waals surface area (Å²) in [6.45, 7) is 2.03. The van der Waals surface area contributed by atoms with Crippen molar-refractivity contribution in [3.05, 3.63) is 48.6 Å². The molecule has 1 saturated carbocycles. The summed E-state index contributed by atoms with van der Waals surface area (Å²) in [4.78, 5) is 33.9. The number of rotatable bonds is 7. The van der Waals surface area contributed by atoms with Gasteiger partial charge in [0.2, 0.25) is 0 Å². The van der Waals surface area contributed by atoms with Gasteiger partial charge >= 0.3 is 5.97 Å². The lowest BCUT2D eigenvalue weighted by atomic mass is 9.71. The zero-order valence-electron chi connectivity index (χ0n) is 15.9. The molecule has 27 heavy (non-hydrogen) atoms. The number of carbonyl (C=O) groups excluding carboxylic acids is 2. The predicted molar refractivity (Wildman–Crippen MR) is 103 cm³/mol. The minimum Gasteiger partial charge on any atom is -0.465 e. The van der Waals surface area contributed by atoms with Crippen LogP contribution in [0.1, 0.15) is 44.9 Å². The molecule has 1 heterocycles. The quantitative estimate of drug-likeness (QED) is 0.542. The van der Waals surface area contributed by atoms with E-state index in [9.17, 15) is 9.59 Å². The molecule has 0 amide bonds.